The number of anilines is 1. The van der Waals surface area contributed by atoms with Gasteiger partial charge < -0.3 is 10.5 Å². The molecular weight excluding hydrogens is 214 g/mol. The first kappa shape index (κ1) is 11.9. The Hall–Kier alpha value is -1.55. The summed E-state index contributed by atoms with van der Waals surface area (Å²) in [7, 11) is 0. The fraction of sp³-hybridized carbons (Fsp3) is 0.462. The van der Waals surface area contributed by atoms with Crippen molar-refractivity contribution >= 4 is 16.6 Å². The number of nitrogens with zero attached hydrogens (tertiary/aromatic N) is 2. The van der Waals surface area contributed by atoms with Crippen molar-refractivity contribution in [3.8, 4) is 0 Å². The summed E-state index contributed by atoms with van der Waals surface area (Å²) in [5.41, 5.74) is 7.49. The van der Waals surface area contributed by atoms with Gasteiger partial charge in [-0.1, -0.05) is 0 Å². The van der Waals surface area contributed by atoms with Crippen LogP contribution in [0.25, 0.3) is 10.9 Å². The van der Waals surface area contributed by atoms with Crippen LogP contribution in [0.3, 0.4) is 0 Å². The SMILES string of the molecule is CC(C)(C)OCCn1ncc2ccc(N)cc21. The van der Waals surface area contributed by atoms with Gasteiger partial charge in [0.1, 0.15) is 0 Å². The minimum absolute atomic E-state index is 0.109. The molecule has 2 rings (SSSR count). The molecular formula is C13H19N3O. The maximum absolute atomic E-state index is 5.78. The van der Waals surface area contributed by atoms with Crippen molar-refractivity contribution in [1.29, 1.82) is 0 Å². The molecule has 0 saturated carbocycles. The fourth-order valence-corrected chi connectivity index (χ4v) is 1.70. The maximum atomic E-state index is 5.78. The predicted molar refractivity (Wildman–Crippen MR) is 69.9 cm³/mol. The van der Waals surface area contributed by atoms with Crippen LogP contribution >= 0.6 is 0 Å². The smallest absolute Gasteiger partial charge is 0.0703 e. The van der Waals surface area contributed by atoms with Gasteiger partial charge in [-0.2, -0.15) is 5.10 Å². The molecule has 1 heterocycles. The Bertz CT molecular complexity index is 511. The number of nitrogen functional groups attached to an aromatic ring is 1. The zero-order chi connectivity index (χ0) is 12.5. The summed E-state index contributed by atoms with van der Waals surface area (Å²) in [6.45, 7) is 7.53. The molecule has 0 unspecified atom stereocenters. The van der Waals surface area contributed by atoms with Crippen molar-refractivity contribution in [2.45, 2.75) is 32.9 Å². The molecule has 4 heteroatoms. The number of fused-ring (bicyclic) bond motifs is 1. The van der Waals surface area contributed by atoms with E-state index in [1.54, 1.807) is 0 Å². The molecule has 0 radical (unpaired) electrons. The summed E-state index contributed by atoms with van der Waals surface area (Å²) < 4.78 is 7.62. The normalized spacial score (nSPS) is 12.2. The summed E-state index contributed by atoms with van der Waals surface area (Å²) in [5.74, 6) is 0. The largest absolute Gasteiger partial charge is 0.399 e. The van der Waals surface area contributed by atoms with E-state index < -0.39 is 0 Å². The number of benzene rings is 1. The molecule has 0 spiro atoms. The lowest BCUT2D eigenvalue weighted by Crippen LogP contribution is -2.22. The molecule has 92 valence electrons. The molecule has 0 fully saturated rings. The van der Waals surface area contributed by atoms with Crippen LogP contribution in [0.5, 0.6) is 0 Å². The number of rotatable bonds is 3. The molecule has 0 aliphatic heterocycles. The lowest BCUT2D eigenvalue weighted by atomic mass is 10.2. The number of ether oxygens (including phenoxy) is 1. The number of aromatic nitrogens is 2. The Morgan fingerprint density at radius 3 is 2.82 bits per heavy atom. The van der Waals surface area contributed by atoms with Gasteiger partial charge in [0.05, 0.1) is 30.5 Å². The second-order valence-electron chi connectivity index (χ2n) is 5.15. The Labute approximate surface area is 101 Å². The molecule has 0 bridgehead atoms. The third-order valence-corrected chi connectivity index (χ3v) is 2.51. The molecule has 17 heavy (non-hydrogen) atoms. The van der Waals surface area contributed by atoms with Crippen LogP contribution in [0, 0.1) is 0 Å². The zero-order valence-corrected chi connectivity index (χ0v) is 10.6. The molecule has 1 aromatic heterocycles. The van der Waals surface area contributed by atoms with Crippen LogP contribution in [0.15, 0.2) is 24.4 Å². The quantitative estimate of drug-likeness (QED) is 0.828. The van der Waals surface area contributed by atoms with E-state index in [0.717, 1.165) is 23.1 Å². The maximum Gasteiger partial charge on any atom is 0.0703 e. The number of hydrogen-bond acceptors (Lipinski definition) is 3. The van der Waals surface area contributed by atoms with Crippen LogP contribution < -0.4 is 5.73 Å². The van der Waals surface area contributed by atoms with Crippen molar-refractivity contribution < 1.29 is 4.74 Å². The second-order valence-corrected chi connectivity index (χ2v) is 5.15. The third-order valence-electron chi connectivity index (χ3n) is 2.51. The fourth-order valence-electron chi connectivity index (χ4n) is 1.70. The van der Waals surface area contributed by atoms with E-state index >= 15 is 0 Å². The van der Waals surface area contributed by atoms with Crippen LogP contribution in [-0.4, -0.2) is 22.0 Å². The number of hydrogen-bond donors (Lipinski definition) is 1. The Morgan fingerprint density at radius 2 is 2.12 bits per heavy atom. The third kappa shape index (κ3) is 2.97. The molecule has 0 amide bonds. The minimum atomic E-state index is -0.109. The van der Waals surface area contributed by atoms with Gasteiger partial charge in [-0.3, -0.25) is 4.68 Å². The lowest BCUT2D eigenvalue weighted by molar-refractivity contribution is -0.00749. The van der Waals surface area contributed by atoms with E-state index in [4.69, 9.17) is 10.5 Å². The highest BCUT2D eigenvalue weighted by molar-refractivity contribution is 5.81. The standard InChI is InChI=1S/C13H19N3O/c1-13(2,3)17-7-6-16-12-8-11(14)5-4-10(12)9-15-16/h4-5,8-9H,6-7,14H2,1-3H3. The van der Waals surface area contributed by atoms with Gasteiger partial charge in [-0.15, -0.1) is 0 Å². The summed E-state index contributed by atoms with van der Waals surface area (Å²) in [6.07, 6.45) is 1.85. The Morgan fingerprint density at radius 1 is 1.35 bits per heavy atom. The second kappa shape index (κ2) is 4.37. The highest BCUT2D eigenvalue weighted by atomic mass is 16.5. The van der Waals surface area contributed by atoms with Crippen molar-refractivity contribution in [1.82, 2.24) is 9.78 Å². The van der Waals surface area contributed by atoms with Crippen molar-refractivity contribution in [2.75, 3.05) is 12.3 Å². The monoisotopic (exact) mass is 233 g/mol. The van der Waals surface area contributed by atoms with E-state index in [1.807, 2.05) is 49.8 Å². The minimum Gasteiger partial charge on any atom is -0.399 e. The van der Waals surface area contributed by atoms with Crippen molar-refractivity contribution in [3.63, 3.8) is 0 Å². The van der Waals surface area contributed by atoms with E-state index in [0.29, 0.717) is 6.61 Å². The number of nitrogens with two attached hydrogens (primary N) is 1. The van der Waals surface area contributed by atoms with Crippen LogP contribution in [0.2, 0.25) is 0 Å². The van der Waals surface area contributed by atoms with Crippen molar-refractivity contribution in [3.05, 3.63) is 24.4 Å². The van der Waals surface area contributed by atoms with Gasteiger partial charge in [-0.05, 0) is 39.0 Å². The first-order valence-electron chi connectivity index (χ1n) is 5.81. The Balaban J connectivity index is 2.11. The highest BCUT2D eigenvalue weighted by Gasteiger charge is 2.10. The van der Waals surface area contributed by atoms with E-state index in [1.165, 1.54) is 0 Å². The summed E-state index contributed by atoms with van der Waals surface area (Å²) >= 11 is 0. The van der Waals surface area contributed by atoms with Crippen molar-refractivity contribution in [2.24, 2.45) is 0 Å². The average molecular weight is 233 g/mol. The Kier molecular flexibility index (Phi) is 3.07. The predicted octanol–water partition coefficient (Wildman–Crippen LogP) is 2.43. The summed E-state index contributed by atoms with van der Waals surface area (Å²) in [6, 6.07) is 5.82. The van der Waals surface area contributed by atoms with Gasteiger partial charge in [0.15, 0.2) is 0 Å². The summed E-state index contributed by atoms with van der Waals surface area (Å²) in [4.78, 5) is 0. The topological polar surface area (TPSA) is 53.1 Å². The first-order valence-corrected chi connectivity index (χ1v) is 5.81. The molecule has 2 N–H and O–H groups in total. The zero-order valence-electron chi connectivity index (χ0n) is 10.6. The molecule has 0 saturated heterocycles. The van der Waals surface area contributed by atoms with E-state index in [9.17, 15) is 0 Å². The molecule has 0 aliphatic carbocycles. The van der Waals surface area contributed by atoms with E-state index in [2.05, 4.69) is 5.10 Å². The van der Waals surface area contributed by atoms with Gasteiger partial charge in [0.2, 0.25) is 0 Å². The van der Waals surface area contributed by atoms with Crippen LogP contribution in [-0.2, 0) is 11.3 Å². The molecule has 1 aromatic carbocycles. The molecule has 2 aromatic rings. The molecule has 4 nitrogen and oxygen atoms in total. The summed E-state index contributed by atoms with van der Waals surface area (Å²) in [5, 5.41) is 5.44. The van der Waals surface area contributed by atoms with Gasteiger partial charge in [0, 0.05) is 11.1 Å². The van der Waals surface area contributed by atoms with Crippen LogP contribution in [0.1, 0.15) is 20.8 Å². The van der Waals surface area contributed by atoms with E-state index in [-0.39, 0.29) is 5.60 Å². The van der Waals surface area contributed by atoms with Crippen LogP contribution in [0.4, 0.5) is 5.69 Å². The van der Waals surface area contributed by atoms with Gasteiger partial charge >= 0.3 is 0 Å². The average Bonchev–Trinajstić information content (AvgIpc) is 2.59. The molecule has 0 atom stereocenters. The lowest BCUT2D eigenvalue weighted by Gasteiger charge is -2.19. The first-order chi connectivity index (χ1) is 7.96. The van der Waals surface area contributed by atoms with Gasteiger partial charge in [0.25, 0.3) is 0 Å². The highest BCUT2D eigenvalue weighted by Crippen LogP contribution is 2.17. The molecule has 0 aliphatic rings. The van der Waals surface area contributed by atoms with Gasteiger partial charge in [-0.25, -0.2) is 0 Å².